The molecular formula is C14H15BrClNOS. The first-order chi connectivity index (χ1) is 9.15. The Kier molecular flexibility index (Phi) is 5.28. The van der Waals surface area contributed by atoms with Crippen LogP contribution in [0.25, 0.3) is 0 Å². The highest BCUT2D eigenvalue weighted by molar-refractivity contribution is 9.10. The van der Waals surface area contributed by atoms with Gasteiger partial charge in [-0.2, -0.15) is 0 Å². The van der Waals surface area contributed by atoms with Crippen LogP contribution in [-0.4, -0.2) is 13.7 Å². The predicted molar refractivity (Wildman–Crippen MR) is 85.5 cm³/mol. The highest BCUT2D eigenvalue weighted by Gasteiger charge is 2.19. The van der Waals surface area contributed by atoms with E-state index in [-0.39, 0.29) is 6.04 Å². The molecule has 1 aromatic heterocycles. The van der Waals surface area contributed by atoms with Crippen LogP contribution in [0.5, 0.6) is 5.75 Å². The van der Waals surface area contributed by atoms with Crippen LogP contribution in [0.15, 0.2) is 34.8 Å². The molecule has 19 heavy (non-hydrogen) atoms. The van der Waals surface area contributed by atoms with Gasteiger partial charge in [0.05, 0.1) is 17.5 Å². The molecule has 1 aromatic carbocycles. The van der Waals surface area contributed by atoms with Crippen molar-refractivity contribution in [1.29, 1.82) is 0 Å². The lowest BCUT2D eigenvalue weighted by molar-refractivity contribution is 0.404. The molecule has 1 atom stereocenters. The van der Waals surface area contributed by atoms with Crippen molar-refractivity contribution in [1.82, 2.24) is 5.32 Å². The van der Waals surface area contributed by atoms with E-state index in [1.807, 2.05) is 18.2 Å². The van der Waals surface area contributed by atoms with Gasteiger partial charge in [-0.1, -0.05) is 40.5 Å². The molecular weight excluding hydrogens is 346 g/mol. The summed E-state index contributed by atoms with van der Waals surface area (Å²) in [6.07, 6.45) is 0. The molecule has 0 fully saturated rings. The number of nitrogens with one attached hydrogen (secondary N) is 1. The summed E-state index contributed by atoms with van der Waals surface area (Å²) in [5.41, 5.74) is 1.12. The molecule has 0 aliphatic carbocycles. The van der Waals surface area contributed by atoms with Gasteiger partial charge in [-0.25, -0.2) is 0 Å². The number of benzene rings is 1. The van der Waals surface area contributed by atoms with Crippen molar-refractivity contribution in [3.63, 3.8) is 0 Å². The van der Waals surface area contributed by atoms with Gasteiger partial charge in [0.25, 0.3) is 0 Å². The molecule has 0 aliphatic rings. The number of methoxy groups -OCH3 is 1. The number of hydrogen-bond acceptors (Lipinski definition) is 3. The third-order valence-electron chi connectivity index (χ3n) is 2.79. The second-order valence-corrected chi connectivity index (χ2v) is 6.68. The summed E-state index contributed by atoms with van der Waals surface area (Å²) < 4.78 is 7.29. The number of ether oxygens (including phenoxy) is 1. The molecule has 2 rings (SSSR count). The fourth-order valence-electron chi connectivity index (χ4n) is 1.97. The fourth-order valence-corrected chi connectivity index (χ4v) is 3.47. The fraction of sp³-hybridized carbons (Fsp3) is 0.286. The third kappa shape index (κ3) is 3.51. The van der Waals surface area contributed by atoms with Gasteiger partial charge in [0, 0.05) is 14.9 Å². The van der Waals surface area contributed by atoms with Crippen LogP contribution >= 0.6 is 38.9 Å². The topological polar surface area (TPSA) is 21.3 Å². The van der Waals surface area contributed by atoms with E-state index in [4.69, 9.17) is 16.3 Å². The summed E-state index contributed by atoms with van der Waals surface area (Å²) >= 11 is 11.1. The molecule has 0 radical (unpaired) electrons. The quantitative estimate of drug-likeness (QED) is 0.821. The van der Waals surface area contributed by atoms with Gasteiger partial charge in [-0.3, -0.25) is 0 Å². The lowest BCUT2D eigenvalue weighted by Gasteiger charge is -2.19. The Bertz CT molecular complexity index is 558. The van der Waals surface area contributed by atoms with Gasteiger partial charge in [-0.05, 0) is 30.8 Å². The molecule has 1 heterocycles. The second kappa shape index (κ2) is 6.75. The van der Waals surface area contributed by atoms with Gasteiger partial charge >= 0.3 is 0 Å². The molecule has 2 nitrogen and oxygen atoms in total. The first-order valence-electron chi connectivity index (χ1n) is 5.97. The average molecular weight is 361 g/mol. The lowest BCUT2D eigenvalue weighted by atomic mass is 10.0. The zero-order chi connectivity index (χ0) is 13.8. The Morgan fingerprint density at radius 1 is 1.37 bits per heavy atom. The number of thiophene rings is 1. The maximum Gasteiger partial charge on any atom is 0.125 e. The summed E-state index contributed by atoms with van der Waals surface area (Å²) in [4.78, 5) is 1.19. The molecule has 5 heteroatoms. The zero-order valence-corrected chi connectivity index (χ0v) is 13.9. The van der Waals surface area contributed by atoms with Crippen molar-refractivity contribution in [3.05, 3.63) is 49.6 Å². The molecule has 0 saturated heterocycles. The smallest absolute Gasteiger partial charge is 0.125 e. The van der Waals surface area contributed by atoms with Gasteiger partial charge in [0.2, 0.25) is 0 Å². The third-order valence-corrected chi connectivity index (χ3v) is 4.58. The van der Waals surface area contributed by atoms with E-state index in [0.717, 1.165) is 26.7 Å². The van der Waals surface area contributed by atoms with Crippen LogP contribution in [0.3, 0.4) is 0 Å². The van der Waals surface area contributed by atoms with E-state index in [1.54, 1.807) is 18.4 Å². The first kappa shape index (κ1) is 14.9. The van der Waals surface area contributed by atoms with Gasteiger partial charge in [-0.15, -0.1) is 11.3 Å². The maximum atomic E-state index is 6.04. The van der Waals surface area contributed by atoms with E-state index in [2.05, 4.69) is 40.3 Å². The summed E-state index contributed by atoms with van der Waals surface area (Å²) in [5.74, 6) is 0.866. The summed E-state index contributed by atoms with van der Waals surface area (Å²) in [5, 5.41) is 3.48. The molecule has 2 aromatic rings. The number of halogens is 2. The van der Waals surface area contributed by atoms with E-state index >= 15 is 0 Å². The van der Waals surface area contributed by atoms with Gasteiger partial charge in [0.15, 0.2) is 0 Å². The number of hydrogen-bond donors (Lipinski definition) is 1. The van der Waals surface area contributed by atoms with Gasteiger partial charge in [0.1, 0.15) is 5.75 Å². The normalized spacial score (nSPS) is 12.4. The van der Waals surface area contributed by atoms with Gasteiger partial charge < -0.3 is 10.1 Å². The van der Waals surface area contributed by atoms with Crippen LogP contribution in [0.4, 0.5) is 0 Å². The standard InChI is InChI=1S/C14H15BrClNOS/c1-3-17-14(12-6-7-13(16)19-12)10-5-4-9(15)8-11(10)18-2/h4-8,14,17H,3H2,1-2H3. The Labute approximate surface area is 130 Å². The highest BCUT2D eigenvalue weighted by Crippen LogP contribution is 2.36. The molecule has 102 valence electrons. The summed E-state index contributed by atoms with van der Waals surface area (Å²) in [6, 6.07) is 10.2. The monoisotopic (exact) mass is 359 g/mol. The van der Waals surface area contributed by atoms with Crippen molar-refractivity contribution in [2.75, 3.05) is 13.7 Å². The predicted octanol–water partition coefficient (Wildman–Crippen LogP) is 4.87. The van der Waals surface area contributed by atoms with E-state index in [0.29, 0.717) is 0 Å². The second-order valence-electron chi connectivity index (χ2n) is 4.02. The highest BCUT2D eigenvalue weighted by atomic mass is 79.9. The minimum absolute atomic E-state index is 0.102. The Morgan fingerprint density at radius 3 is 2.74 bits per heavy atom. The van der Waals surface area contributed by atoms with E-state index < -0.39 is 0 Å². The van der Waals surface area contributed by atoms with Crippen LogP contribution < -0.4 is 10.1 Å². The molecule has 0 spiro atoms. The molecule has 0 amide bonds. The van der Waals surface area contributed by atoms with Crippen molar-refractivity contribution in [2.45, 2.75) is 13.0 Å². The summed E-state index contributed by atoms with van der Waals surface area (Å²) in [6.45, 7) is 2.97. The molecule has 1 N–H and O–H groups in total. The lowest BCUT2D eigenvalue weighted by Crippen LogP contribution is -2.21. The SMILES string of the molecule is CCNC(c1ccc(Cl)s1)c1ccc(Br)cc1OC. The van der Waals surface area contributed by atoms with Crippen molar-refractivity contribution in [2.24, 2.45) is 0 Å². The van der Waals surface area contributed by atoms with Crippen molar-refractivity contribution >= 4 is 38.9 Å². The van der Waals surface area contributed by atoms with E-state index in [1.165, 1.54) is 4.88 Å². The van der Waals surface area contributed by atoms with Crippen LogP contribution in [0.1, 0.15) is 23.4 Å². The van der Waals surface area contributed by atoms with Crippen LogP contribution in [-0.2, 0) is 0 Å². The Hall–Kier alpha value is -0.550. The zero-order valence-electron chi connectivity index (χ0n) is 10.7. The van der Waals surface area contributed by atoms with Crippen molar-refractivity contribution < 1.29 is 4.74 Å². The Morgan fingerprint density at radius 2 is 2.16 bits per heavy atom. The largest absolute Gasteiger partial charge is 0.496 e. The first-order valence-corrected chi connectivity index (χ1v) is 7.96. The van der Waals surface area contributed by atoms with Crippen LogP contribution in [0.2, 0.25) is 4.34 Å². The molecule has 0 saturated carbocycles. The maximum absolute atomic E-state index is 6.04. The molecule has 0 aliphatic heterocycles. The Balaban J connectivity index is 2.44. The number of rotatable bonds is 5. The van der Waals surface area contributed by atoms with E-state index in [9.17, 15) is 0 Å². The molecule has 0 bridgehead atoms. The molecule has 1 unspecified atom stereocenters. The van der Waals surface area contributed by atoms with Crippen molar-refractivity contribution in [3.8, 4) is 5.75 Å². The minimum Gasteiger partial charge on any atom is -0.496 e. The summed E-state index contributed by atoms with van der Waals surface area (Å²) in [7, 11) is 1.69. The average Bonchev–Trinajstić information content (AvgIpc) is 2.82. The van der Waals surface area contributed by atoms with Crippen LogP contribution in [0, 0.1) is 0 Å². The minimum atomic E-state index is 0.102.